The molecule has 0 bridgehead atoms. The Bertz CT molecular complexity index is 1160. The monoisotopic (exact) mass is 476 g/mol. The molecule has 1 aliphatic rings. The number of nitrogens with zero attached hydrogens (tertiary/aromatic N) is 2. The van der Waals surface area contributed by atoms with Gasteiger partial charge >= 0.3 is 0 Å². The fourth-order valence-electron chi connectivity index (χ4n) is 4.60. The Morgan fingerprint density at radius 3 is 2.35 bits per heavy atom. The fraction of sp³-hybridized carbons (Fsp3) is 0.286. The van der Waals surface area contributed by atoms with Crippen LogP contribution in [0.2, 0.25) is 5.02 Å². The topological polar surface area (TPSA) is 49.9 Å². The van der Waals surface area contributed by atoms with E-state index < -0.39 is 0 Å². The lowest BCUT2D eigenvalue weighted by Crippen LogP contribution is -2.46. The zero-order valence-corrected chi connectivity index (χ0v) is 20.5. The van der Waals surface area contributed by atoms with E-state index >= 15 is 0 Å². The van der Waals surface area contributed by atoms with Gasteiger partial charge in [-0.3, -0.25) is 9.59 Å². The highest BCUT2D eigenvalue weighted by atomic mass is 35.5. The molecule has 4 rings (SSSR count). The lowest BCUT2D eigenvalue weighted by Gasteiger charge is -2.40. The zero-order chi connectivity index (χ0) is 24.2. The Morgan fingerprint density at radius 1 is 1.03 bits per heavy atom. The summed E-state index contributed by atoms with van der Waals surface area (Å²) in [5.74, 6) is 0.392. The highest BCUT2D eigenvalue weighted by Crippen LogP contribution is 2.40. The number of carbonyl (C=O) groups is 2. The Morgan fingerprint density at radius 2 is 1.71 bits per heavy atom. The van der Waals surface area contributed by atoms with Crippen LogP contribution in [0.1, 0.15) is 47.7 Å². The number of benzene rings is 3. The minimum Gasteiger partial charge on any atom is -0.497 e. The van der Waals surface area contributed by atoms with E-state index in [9.17, 15) is 9.59 Å². The molecule has 3 aromatic carbocycles. The van der Waals surface area contributed by atoms with E-state index in [4.69, 9.17) is 16.3 Å². The molecule has 6 heteroatoms. The summed E-state index contributed by atoms with van der Waals surface area (Å²) in [4.78, 5) is 30.9. The second kappa shape index (κ2) is 10.3. The van der Waals surface area contributed by atoms with E-state index in [-0.39, 0.29) is 23.8 Å². The number of methoxy groups -OCH3 is 1. The van der Waals surface area contributed by atoms with Crippen molar-refractivity contribution in [3.63, 3.8) is 0 Å². The average Bonchev–Trinajstić information content (AvgIpc) is 2.87. The predicted molar refractivity (Wildman–Crippen MR) is 136 cm³/mol. The molecular weight excluding hydrogens is 448 g/mol. The van der Waals surface area contributed by atoms with Crippen LogP contribution in [0.15, 0.2) is 72.8 Å². The van der Waals surface area contributed by atoms with Gasteiger partial charge in [-0.1, -0.05) is 41.9 Å². The van der Waals surface area contributed by atoms with Gasteiger partial charge in [-0.05, 0) is 73.9 Å². The summed E-state index contributed by atoms with van der Waals surface area (Å²) in [6.07, 6.45) is 0.564. The van der Waals surface area contributed by atoms with Crippen LogP contribution < -0.4 is 9.64 Å². The summed E-state index contributed by atoms with van der Waals surface area (Å²) < 4.78 is 5.22. The maximum absolute atomic E-state index is 13.7. The van der Waals surface area contributed by atoms with Crippen LogP contribution in [-0.4, -0.2) is 36.4 Å². The van der Waals surface area contributed by atoms with Crippen molar-refractivity contribution >= 4 is 29.1 Å². The second-order valence-electron chi connectivity index (χ2n) is 8.58. The van der Waals surface area contributed by atoms with Crippen LogP contribution in [0.4, 0.5) is 5.69 Å². The first-order valence-corrected chi connectivity index (χ1v) is 11.9. The van der Waals surface area contributed by atoms with Crippen molar-refractivity contribution in [2.24, 2.45) is 0 Å². The molecule has 2 atom stereocenters. The summed E-state index contributed by atoms with van der Waals surface area (Å²) in [5, 5.41) is 0.676. The van der Waals surface area contributed by atoms with Crippen molar-refractivity contribution in [1.29, 1.82) is 0 Å². The number of ether oxygens (including phenoxy) is 1. The van der Waals surface area contributed by atoms with E-state index in [2.05, 4.69) is 0 Å². The van der Waals surface area contributed by atoms with Gasteiger partial charge in [-0.25, -0.2) is 0 Å². The molecular formula is C28H29ClN2O3. The van der Waals surface area contributed by atoms with Crippen LogP contribution in [0.5, 0.6) is 5.75 Å². The predicted octanol–water partition coefficient (Wildman–Crippen LogP) is 5.92. The first-order valence-electron chi connectivity index (χ1n) is 11.5. The van der Waals surface area contributed by atoms with Crippen molar-refractivity contribution in [3.05, 3.63) is 94.5 Å². The molecule has 3 aromatic rings. The first kappa shape index (κ1) is 23.8. The first-order chi connectivity index (χ1) is 16.4. The number of para-hydroxylation sites is 1. The van der Waals surface area contributed by atoms with E-state index in [1.807, 2.05) is 72.2 Å². The second-order valence-corrected chi connectivity index (χ2v) is 9.02. The molecule has 0 spiro atoms. The summed E-state index contributed by atoms with van der Waals surface area (Å²) in [6, 6.07) is 22.3. The van der Waals surface area contributed by atoms with Gasteiger partial charge in [0.2, 0.25) is 5.91 Å². The molecule has 1 aliphatic heterocycles. The summed E-state index contributed by atoms with van der Waals surface area (Å²) in [5.41, 5.74) is 3.31. The van der Waals surface area contributed by atoms with Crippen molar-refractivity contribution < 1.29 is 14.3 Å². The third kappa shape index (κ3) is 4.80. The van der Waals surface area contributed by atoms with E-state index in [1.54, 1.807) is 31.4 Å². The maximum atomic E-state index is 13.7. The number of rotatable bonds is 6. The van der Waals surface area contributed by atoms with Crippen LogP contribution in [0.3, 0.4) is 0 Å². The highest BCUT2D eigenvalue weighted by molar-refractivity contribution is 6.30. The molecule has 5 nitrogen and oxygen atoms in total. The Labute approximate surface area is 205 Å². The summed E-state index contributed by atoms with van der Waals surface area (Å²) >= 11 is 6.02. The van der Waals surface area contributed by atoms with Gasteiger partial charge in [-0.2, -0.15) is 0 Å². The van der Waals surface area contributed by atoms with Gasteiger partial charge in [0.1, 0.15) is 5.75 Å². The van der Waals surface area contributed by atoms with E-state index in [1.165, 1.54) is 0 Å². The van der Waals surface area contributed by atoms with Gasteiger partial charge in [0.15, 0.2) is 0 Å². The Kier molecular flexibility index (Phi) is 7.23. The number of carbonyl (C=O) groups excluding carboxylic acids is 2. The zero-order valence-electron chi connectivity index (χ0n) is 19.7. The van der Waals surface area contributed by atoms with Crippen LogP contribution in [0.25, 0.3) is 0 Å². The lowest BCUT2D eigenvalue weighted by atomic mass is 9.84. The summed E-state index contributed by atoms with van der Waals surface area (Å²) in [6.45, 7) is 5.12. The molecule has 0 fully saturated rings. The Hall–Kier alpha value is -3.31. The minimum absolute atomic E-state index is 0.0771. The van der Waals surface area contributed by atoms with Crippen molar-refractivity contribution in [3.8, 4) is 5.75 Å². The fourth-order valence-corrected chi connectivity index (χ4v) is 4.73. The van der Waals surface area contributed by atoms with Crippen molar-refractivity contribution in [2.45, 2.75) is 38.8 Å². The third-order valence-electron chi connectivity index (χ3n) is 6.42. The van der Waals surface area contributed by atoms with Gasteiger partial charge in [0.05, 0.1) is 13.0 Å². The van der Waals surface area contributed by atoms with Crippen LogP contribution in [-0.2, 0) is 11.3 Å². The quantitative estimate of drug-likeness (QED) is 0.443. The number of anilines is 1. The molecule has 0 aliphatic carbocycles. The van der Waals surface area contributed by atoms with Crippen molar-refractivity contribution in [2.75, 3.05) is 18.6 Å². The smallest absolute Gasteiger partial charge is 0.258 e. The molecule has 0 unspecified atom stereocenters. The largest absolute Gasteiger partial charge is 0.497 e. The number of hydrogen-bond donors (Lipinski definition) is 0. The SMILES string of the molecule is CCN(Cc1ccc(Cl)cc1)C(=O)[C@@H]1C[C@@H](C)N(C(=O)c2ccc(OC)cc2)c2ccccc21. The van der Waals surface area contributed by atoms with E-state index in [0.717, 1.165) is 16.8 Å². The summed E-state index contributed by atoms with van der Waals surface area (Å²) in [7, 11) is 1.60. The highest BCUT2D eigenvalue weighted by Gasteiger charge is 2.38. The molecule has 0 saturated carbocycles. The number of fused-ring (bicyclic) bond motifs is 1. The van der Waals surface area contributed by atoms with Crippen LogP contribution in [0, 0.1) is 0 Å². The normalized spacial score (nSPS) is 17.1. The molecule has 1 heterocycles. The number of likely N-dealkylation sites (N-methyl/N-ethyl adjacent to an activating group) is 1. The third-order valence-corrected chi connectivity index (χ3v) is 6.68. The minimum atomic E-state index is -0.307. The molecule has 34 heavy (non-hydrogen) atoms. The van der Waals surface area contributed by atoms with Crippen molar-refractivity contribution in [1.82, 2.24) is 4.90 Å². The van der Waals surface area contributed by atoms with E-state index in [0.29, 0.717) is 35.8 Å². The number of hydrogen-bond acceptors (Lipinski definition) is 3. The molecule has 176 valence electrons. The number of halogens is 1. The molecule has 0 aromatic heterocycles. The molecule has 0 N–H and O–H groups in total. The number of amides is 2. The Balaban J connectivity index is 1.62. The van der Waals surface area contributed by atoms with Gasteiger partial charge in [0.25, 0.3) is 5.91 Å². The standard InChI is InChI=1S/C28H29ClN2O3/c1-4-30(18-20-9-13-22(29)14-10-20)28(33)25-17-19(2)31(26-8-6-5-7-24(25)26)27(32)21-11-15-23(34-3)16-12-21/h5-16,19,25H,4,17-18H2,1-3H3/t19-,25-/m1/s1. The van der Waals surface area contributed by atoms with Gasteiger partial charge in [-0.15, -0.1) is 0 Å². The molecule has 0 saturated heterocycles. The molecule has 2 amide bonds. The van der Waals surface area contributed by atoms with Crippen LogP contribution >= 0.6 is 11.6 Å². The van der Waals surface area contributed by atoms with Gasteiger partial charge < -0.3 is 14.5 Å². The maximum Gasteiger partial charge on any atom is 0.258 e. The lowest BCUT2D eigenvalue weighted by molar-refractivity contribution is -0.133. The molecule has 0 radical (unpaired) electrons. The van der Waals surface area contributed by atoms with Gasteiger partial charge in [0, 0.05) is 35.4 Å². The average molecular weight is 477 g/mol.